The van der Waals surface area contributed by atoms with Gasteiger partial charge in [0.2, 0.25) is 5.95 Å². The minimum atomic E-state index is -0.651. The Morgan fingerprint density at radius 1 is 1.32 bits per heavy atom. The third-order valence-corrected chi connectivity index (χ3v) is 6.26. The third-order valence-electron chi connectivity index (χ3n) is 6.26. The maximum Gasteiger partial charge on any atom is 0.252 e. The molecule has 0 radical (unpaired) electrons. The van der Waals surface area contributed by atoms with Gasteiger partial charge in [0.25, 0.3) is 5.91 Å². The molecule has 7 nitrogen and oxygen atoms in total. The zero-order valence-corrected chi connectivity index (χ0v) is 17.1. The predicted octanol–water partition coefficient (Wildman–Crippen LogP) is 2.82. The molecule has 1 heterocycles. The molecule has 2 aliphatic carbocycles. The topological polar surface area (TPSA) is 110 Å². The van der Waals surface area contributed by atoms with Crippen LogP contribution in [0.2, 0.25) is 0 Å². The molecule has 1 amide bonds. The monoisotopic (exact) mass is 390 g/mol. The van der Waals surface area contributed by atoms with Crippen LogP contribution in [0.1, 0.15) is 80.8 Å². The molecule has 1 aromatic heterocycles. The summed E-state index contributed by atoms with van der Waals surface area (Å²) in [6.45, 7) is 1.91. The van der Waals surface area contributed by atoms with Gasteiger partial charge in [0, 0.05) is 19.3 Å². The lowest BCUT2D eigenvalue weighted by Crippen LogP contribution is -2.30. The number of carbonyl (C=O) groups is 1. The van der Waals surface area contributed by atoms with E-state index < -0.39 is 11.5 Å². The number of hydrogen-bond acceptors (Lipinski definition) is 6. The lowest BCUT2D eigenvalue weighted by atomic mass is 9.87. The van der Waals surface area contributed by atoms with Gasteiger partial charge in [0.1, 0.15) is 0 Å². The van der Waals surface area contributed by atoms with Crippen molar-refractivity contribution in [2.45, 2.75) is 88.9 Å². The number of carbonyl (C=O) groups excluding carboxylic acids is 1. The Kier molecular flexibility index (Phi) is 6.88. The van der Waals surface area contributed by atoms with Crippen LogP contribution in [0.5, 0.6) is 0 Å². The number of amides is 1. The summed E-state index contributed by atoms with van der Waals surface area (Å²) in [5, 5.41) is 14.0. The number of nitrogens with one attached hydrogen (secondary N) is 1. The zero-order chi connectivity index (χ0) is 20.1. The Morgan fingerprint density at radius 2 is 2.07 bits per heavy atom. The van der Waals surface area contributed by atoms with Crippen molar-refractivity contribution >= 4 is 11.9 Å². The van der Waals surface area contributed by atoms with Crippen LogP contribution in [0.3, 0.4) is 0 Å². The molecule has 0 spiro atoms. The van der Waals surface area contributed by atoms with Gasteiger partial charge in [-0.3, -0.25) is 4.79 Å². The van der Waals surface area contributed by atoms with E-state index in [1.165, 1.54) is 0 Å². The van der Waals surface area contributed by atoms with Crippen molar-refractivity contribution in [1.82, 2.24) is 9.97 Å². The van der Waals surface area contributed by atoms with E-state index in [0.717, 1.165) is 57.8 Å². The molecule has 28 heavy (non-hydrogen) atoms. The Hall–Kier alpha value is -1.73. The summed E-state index contributed by atoms with van der Waals surface area (Å²) in [6.07, 6.45) is 11.3. The molecule has 2 aliphatic rings. The van der Waals surface area contributed by atoms with E-state index >= 15 is 0 Å². The molecule has 0 unspecified atom stereocenters. The lowest BCUT2D eigenvalue weighted by Gasteiger charge is -2.28. The van der Waals surface area contributed by atoms with Crippen LogP contribution in [0.15, 0.2) is 6.20 Å². The number of methoxy groups -OCH3 is 1. The number of ether oxygens (including phenoxy) is 1. The highest BCUT2D eigenvalue weighted by Gasteiger charge is 2.29. The molecule has 2 fully saturated rings. The fourth-order valence-corrected chi connectivity index (χ4v) is 4.69. The lowest BCUT2D eigenvalue weighted by molar-refractivity contribution is 0.0318. The van der Waals surface area contributed by atoms with E-state index in [4.69, 9.17) is 10.5 Å². The third kappa shape index (κ3) is 5.64. The second-order valence-corrected chi connectivity index (χ2v) is 8.79. The second kappa shape index (κ2) is 9.18. The first-order chi connectivity index (χ1) is 13.4. The fourth-order valence-electron chi connectivity index (χ4n) is 4.69. The van der Waals surface area contributed by atoms with E-state index in [2.05, 4.69) is 15.3 Å². The average Bonchev–Trinajstić information content (AvgIpc) is 2.82. The standard InChI is InChI=1S/C21H34N4O3/c1-21(27)10-4-3-5-14(12-21)11-18-17(19(22)26)13-23-20(25-18)24-15-6-8-16(28-2)9-7-15/h13-16,27H,3-12H2,1-2H3,(H2,22,26)(H,23,24,25)/t14-,15?,16?,21+/m1/s1. The van der Waals surface area contributed by atoms with Crippen LogP contribution in [0, 0.1) is 5.92 Å². The van der Waals surface area contributed by atoms with Gasteiger partial charge in [-0.2, -0.15) is 0 Å². The summed E-state index contributed by atoms with van der Waals surface area (Å²) in [5.41, 5.74) is 5.99. The molecule has 4 N–H and O–H groups in total. The largest absolute Gasteiger partial charge is 0.390 e. The highest BCUT2D eigenvalue weighted by atomic mass is 16.5. The van der Waals surface area contributed by atoms with Crippen molar-refractivity contribution in [2.75, 3.05) is 12.4 Å². The Morgan fingerprint density at radius 3 is 2.75 bits per heavy atom. The molecule has 3 rings (SSSR count). The first-order valence-electron chi connectivity index (χ1n) is 10.5. The number of hydrogen-bond donors (Lipinski definition) is 3. The molecule has 156 valence electrons. The SMILES string of the molecule is COC1CCC(Nc2ncc(C(N)=O)c(C[C@H]3CCCC[C@](C)(O)C3)n2)CC1. The van der Waals surface area contributed by atoms with Gasteiger partial charge >= 0.3 is 0 Å². The molecule has 0 aromatic carbocycles. The summed E-state index contributed by atoms with van der Waals surface area (Å²) < 4.78 is 5.43. The maximum absolute atomic E-state index is 11.9. The van der Waals surface area contributed by atoms with Gasteiger partial charge in [-0.1, -0.05) is 12.8 Å². The number of nitrogens with two attached hydrogens (primary N) is 1. The average molecular weight is 391 g/mol. The van der Waals surface area contributed by atoms with Crippen molar-refractivity contribution in [3.8, 4) is 0 Å². The molecular formula is C21H34N4O3. The van der Waals surface area contributed by atoms with Crippen molar-refractivity contribution < 1.29 is 14.6 Å². The predicted molar refractivity (Wildman–Crippen MR) is 108 cm³/mol. The van der Waals surface area contributed by atoms with Crippen molar-refractivity contribution in [3.05, 3.63) is 17.5 Å². The van der Waals surface area contributed by atoms with E-state index in [9.17, 15) is 9.90 Å². The number of rotatable bonds is 6. The van der Waals surface area contributed by atoms with Crippen molar-refractivity contribution in [1.29, 1.82) is 0 Å². The first kappa shape index (κ1) is 21.0. The molecule has 2 saturated carbocycles. The number of aliphatic hydroxyl groups is 1. The van der Waals surface area contributed by atoms with Crippen molar-refractivity contribution in [2.24, 2.45) is 11.7 Å². The first-order valence-corrected chi connectivity index (χ1v) is 10.5. The quantitative estimate of drug-likeness (QED) is 0.644. The van der Waals surface area contributed by atoms with E-state index in [-0.39, 0.29) is 5.92 Å². The Balaban J connectivity index is 1.71. The Bertz CT molecular complexity index is 672. The van der Waals surface area contributed by atoms with Gasteiger partial charge in [-0.25, -0.2) is 9.97 Å². The minimum Gasteiger partial charge on any atom is -0.390 e. The van der Waals surface area contributed by atoms with Gasteiger partial charge < -0.3 is 20.9 Å². The summed E-state index contributed by atoms with van der Waals surface area (Å²) >= 11 is 0. The molecule has 0 bridgehead atoms. The van der Waals surface area contributed by atoms with Gasteiger partial charge in [-0.05, 0) is 64.2 Å². The second-order valence-electron chi connectivity index (χ2n) is 8.79. The normalized spacial score (nSPS) is 31.2. The smallest absolute Gasteiger partial charge is 0.252 e. The van der Waals surface area contributed by atoms with Gasteiger partial charge in [-0.15, -0.1) is 0 Å². The Labute approximate surface area is 167 Å². The molecule has 0 aliphatic heterocycles. The van der Waals surface area contributed by atoms with E-state index in [1.807, 2.05) is 6.92 Å². The maximum atomic E-state index is 11.9. The summed E-state index contributed by atoms with van der Waals surface area (Å²) in [7, 11) is 1.77. The summed E-state index contributed by atoms with van der Waals surface area (Å²) in [4.78, 5) is 20.9. The number of primary amides is 1. The van der Waals surface area contributed by atoms with Gasteiger partial charge in [0.15, 0.2) is 0 Å². The van der Waals surface area contributed by atoms with Crippen LogP contribution < -0.4 is 11.1 Å². The highest BCUT2D eigenvalue weighted by Crippen LogP contribution is 2.33. The van der Waals surface area contributed by atoms with Crippen LogP contribution in [0.25, 0.3) is 0 Å². The van der Waals surface area contributed by atoms with Crippen LogP contribution in [-0.4, -0.2) is 45.8 Å². The fraction of sp³-hybridized carbons (Fsp3) is 0.762. The molecule has 7 heteroatoms. The molecule has 1 aromatic rings. The number of nitrogens with zero attached hydrogens (tertiary/aromatic N) is 2. The highest BCUT2D eigenvalue weighted by molar-refractivity contribution is 5.93. The van der Waals surface area contributed by atoms with E-state index in [1.54, 1.807) is 13.3 Å². The summed E-state index contributed by atoms with van der Waals surface area (Å²) in [5.74, 6) is 0.347. The van der Waals surface area contributed by atoms with Crippen LogP contribution >= 0.6 is 0 Å². The van der Waals surface area contributed by atoms with Crippen molar-refractivity contribution in [3.63, 3.8) is 0 Å². The van der Waals surface area contributed by atoms with Crippen LogP contribution in [-0.2, 0) is 11.2 Å². The molecule has 2 atom stereocenters. The van der Waals surface area contributed by atoms with E-state index in [0.29, 0.717) is 35.8 Å². The zero-order valence-electron chi connectivity index (χ0n) is 17.1. The number of aromatic nitrogens is 2. The van der Waals surface area contributed by atoms with Crippen LogP contribution in [0.4, 0.5) is 5.95 Å². The number of anilines is 1. The molecular weight excluding hydrogens is 356 g/mol. The minimum absolute atomic E-state index is 0.287. The molecule has 0 saturated heterocycles. The summed E-state index contributed by atoms with van der Waals surface area (Å²) in [6, 6.07) is 0.317. The van der Waals surface area contributed by atoms with Gasteiger partial charge in [0.05, 0.1) is 23.0 Å².